The fourth-order valence-electron chi connectivity index (χ4n) is 2.27. The third kappa shape index (κ3) is 2.95. The van der Waals surface area contributed by atoms with E-state index >= 15 is 0 Å². The van der Waals surface area contributed by atoms with Crippen molar-refractivity contribution in [3.8, 4) is 0 Å². The van der Waals surface area contributed by atoms with Crippen LogP contribution in [-0.2, 0) is 0 Å². The van der Waals surface area contributed by atoms with E-state index in [0.717, 1.165) is 21.3 Å². The number of benzene rings is 2. The van der Waals surface area contributed by atoms with Crippen molar-refractivity contribution >= 4 is 55.8 Å². The second kappa shape index (κ2) is 5.88. The maximum Gasteiger partial charge on any atom is 0.258 e. The van der Waals surface area contributed by atoms with Crippen molar-refractivity contribution in [1.29, 1.82) is 0 Å². The highest BCUT2D eigenvalue weighted by atomic mass is 35.5. The van der Waals surface area contributed by atoms with Gasteiger partial charge in [-0.15, -0.1) is 0 Å². The molecule has 112 valence electrons. The number of anilines is 1. The molecule has 1 amide bonds. The number of carbonyl (C=O) groups excluding carboxylic acids is 1. The van der Waals surface area contributed by atoms with Gasteiger partial charge in [-0.3, -0.25) is 10.1 Å². The van der Waals surface area contributed by atoms with Crippen molar-refractivity contribution in [2.24, 2.45) is 0 Å². The normalized spacial score (nSPS) is 10.9. The molecule has 0 saturated heterocycles. The number of nitrogens with one attached hydrogen (secondary N) is 1. The van der Waals surface area contributed by atoms with Crippen molar-refractivity contribution < 1.29 is 4.79 Å². The van der Waals surface area contributed by atoms with Crippen LogP contribution >= 0.6 is 34.5 Å². The lowest BCUT2D eigenvalue weighted by atomic mass is 10.1. The topological polar surface area (TPSA) is 42.0 Å². The monoisotopic (exact) mass is 350 g/mol. The van der Waals surface area contributed by atoms with Crippen LogP contribution in [0.25, 0.3) is 10.2 Å². The number of halogens is 2. The van der Waals surface area contributed by atoms with Crippen molar-refractivity contribution in [3.05, 3.63) is 57.1 Å². The Kier molecular flexibility index (Phi) is 4.08. The molecule has 3 aromatic rings. The van der Waals surface area contributed by atoms with E-state index in [0.29, 0.717) is 20.7 Å². The van der Waals surface area contributed by atoms with Gasteiger partial charge in [-0.1, -0.05) is 40.6 Å². The molecular formula is C16H12Cl2N2OS. The Morgan fingerprint density at radius 3 is 2.68 bits per heavy atom. The van der Waals surface area contributed by atoms with Gasteiger partial charge in [0.15, 0.2) is 5.13 Å². The smallest absolute Gasteiger partial charge is 0.258 e. The van der Waals surface area contributed by atoms with Crippen LogP contribution in [0.5, 0.6) is 0 Å². The number of amides is 1. The molecule has 0 fully saturated rings. The molecule has 0 aliphatic rings. The average Bonchev–Trinajstić information content (AvgIpc) is 2.81. The maximum absolute atomic E-state index is 12.3. The SMILES string of the molecule is Cc1cc(C)c2sc(NC(=O)c3ccc(Cl)cc3Cl)nc2c1. The number of aryl methyl sites for hydroxylation is 2. The number of rotatable bonds is 2. The van der Waals surface area contributed by atoms with E-state index < -0.39 is 0 Å². The van der Waals surface area contributed by atoms with E-state index in [4.69, 9.17) is 23.2 Å². The van der Waals surface area contributed by atoms with Crippen LogP contribution < -0.4 is 5.32 Å². The van der Waals surface area contributed by atoms with E-state index in [1.54, 1.807) is 18.2 Å². The zero-order valence-corrected chi connectivity index (χ0v) is 14.2. The molecule has 0 bridgehead atoms. The summed E-state index contributed by atoms with van der Waals surface area (Å²) in [6, 6.07) is 8.88. The highest BCUT2D eigenvalue weighted by Gasteiger charge is 2.14. The summed E-state index contributed by atoms with van der Waals surface area (Å²) in [5, 5.41) is 4.16. The van der Waals surface area contributed by atoms with Gasteiger partial charge in [-0.2, -0.15) is 0 Å². The summed E-state index contributed by atoms with van der Waals surface area (Å²) >= 11 is 13.3. The largest absolute Gasteiger partial charge is 0.298 e. The van der Waals surface area contributed by atoms with Crippen LogP contribution in [0.4, 0.5) is 5.13 Å². The van der Waals surface area contributed by atoms with Gasteiger partial charge in [0.2, 0.25) is 0 Å². The number of aromatic nitrogens is 1. The summed E-state index contributed by atoms with van der Waals surface area (Å²) in [6.07, 6.45) is 0. The fraction of sp³-hybridized carbons (Fsp3) is 0.125. The maximum atomic E-state index is 12.3. The summed E-state index contributed by atoms with van der Waals surface area (Å²) in [7, 11) is 0. The fourth-order valence-corrected chi connectivity index (χ4v) is 3.67. The second-order valence-corrected chi connectivity index (χ2v) is 6.87. The quantitative estimate of drug-likeness (QED) is 0.665. The van der Waals surface area contributed by atoms with Crippen LogP contribution in [0, 0.1) is 13.8 Å². The van der Waals surface area contributed by atoms with Crippen molar-refractivity contribution in [2.45, 2.75) is 13.8 Å². The van der Waals surface area contributed by atoms with E-state index in [2.05, 4.69) is 16.4 Å². The Labute approximate surface area is 141 Å². The van der Waals surface area contributed by atoms with Gasteiger partial charge in [0.1, 0.15) is 0 Å². The first-order chi connectivity index (χ1) is 10.4. The Morgan fingerprint density at radius 2 is 1.95 bits per heavy atom. The number of nitrogens with zero attached hydrogens (tertiary/aromatic N) is 1. The molecule has 0 atom stereocenters. The molecule has 0 radical (unpaired) electrons. The Hall–Kier alpha value is -1.62. The van der Waals surface area contributed by atoms with Gasteiger partial charge >= 0.3 is 0 Å². The lowest BCUT2D eigenvalue weighted by Crippen LogP contribution is -2.12. The summed E-state index contributed by atoms with van der Waals surface area (Å²) in [5.74, 6) is -0.296. The highest BCUT2D eigenvalue weighted by Crippen LogP contribution is 2.30. The van der Waals surface area contributed by atoms with Gasteiger partial charge in [0.25, 0.3) is 5.91 Å². The first-order valence-corrected chi connectivity index (χ1v) is 8.15. The van der Waals surface area contributed by atoms with Gasteiger partial charge < -0.3 is 0 Å². The molecular weight excluding hydrogens is 339 g/mol. The minimum atomic E-state index is -0.296. The average molecular weight is 351 g/mol. The molecule has 22 heavy (non-hydrogen) atoms. The number of hydrogen-bond acceptors (Lipinski definition) is 3. The summed E-state index contributed by atoms with van der Waals surface area (Å²) in [6.45, 7) is 4.06. The van der Waals surface area contributed by atoms with Crippen LogP contribution in [0.2, 0.25) is 10.0 Å². The van der Waals surface area contributed by atoms with E-state index in [1.165, 1.54) is 11.3 Å². The predicted octanol–water partition coefficient (Wildman–Crippen LogP) is 5.47. The third-order valence-electron chi connectivity index (χ3n) is 3.22. The molecule has 0 unspecified atom stereocenters. The zero-order chi connectivity index (χ0) is 15.9. The van der Waals surface area contributed by atoms with Crippen LogP contribution in [0.3, 0.4) is 0 Å². The lowest BCUT2D eigenvalue weighted by Gasteiger charge is -2.04. The van der Waals surface area contributed by atoms with Crippen molar-refractivity contribution in [3.63, 3.8) is 0 Å². The van der Waals surface area contributed by atoms with Crippen molar-refractivity contribution in [2.75, 3.05) is 5.32 Å². The lowest BCUT2D eigenvalue weighted by molar-refractivity contribution is 0.102. The highest BCUT2D eigenvalue weighted by molar-refractivity contribution is 7.22. The first kappa shape index (κ1) is 15.3. The summed E-state index contributed by atoms with van der Waals surface area (Å²) in [4.78, 5) is 16.8. The summed E-state index contributed by atoms with van der Waals surface area (Å²) < 4.78 is 1.07. The first-order valence-electron chi connectivity index (χ1n) is 6.58. The van der Waals surface area contributed by atoms with Crippen LogP contribution in [0.1, 0.15) is 21.5 Å². The van der Waals surface area contributed by atoms with Gasteiger partial charge in [0, 0.05) is 5.02 Å². The zero-order valence-electron chi connectivity index (χ0n) is 11.9. The Bertz CT molecular complexity index is 889. The molecule has 2 aromatic carbocycles. The molecule has 0 saturated carbocycles. The van der Waals surface area contributed by atoms with Crippen LogP contribution in [0.15, 0.2) is 30.3 Å². The van der Waals surface area contributed by atoms with Gasteiger partial charge in [-0.05, 0) is 49.2 Å². The molecule has 0 aliphatic carbocycles. The van der Waals surface area contributed by atoms with Gasteiger partial charge in [0.05, 0.1) is 20.8 Å². The minimum Gasteiger partial charge on any atom is -0.298 e. The predicted molar refractivity (Wildman–Crippen MR) is 93.5 cm³/mol. The number of thiazole rings is 1. The Morgan fingerprint density at radius 1 is 1.18 bits per heavy atom. The molecule has 0 spiro atoms. The van der Waals surface area contributed by atoms with E-state index in [9.17, 15) is 4.79 Å². The number of hydrogen-bond donors (Lipinski definition) is 1. The molecule has 1 N–H and O–H groups in total. The van der Waals surface area contributed by atoms with E-state index in [-0.39, 0.29) is 5.91 Å². The Balaban J connectivity index is 1.92. The molecule has 6 heteroatoms. The molecule has 0 aliphatic heterocycles. The van der Waals surface area contributed by atoms with Gasteiger partial charge in [-0.25, -0.2) is 4.98 Å². The van der Waals surface area contributed by atoms with E-state index in [1.807, 2.05) is 19.9 Å². The molecule has 1 heterocycles. The number of carbonyl (C=O) groups is 1. The molecule has 1 aromatic heterocycles. The standard InChI is InChI=1S/C16H12Cl2N2OS/c1-8-5-9(2)14-13(6-8)19-16(22-14)20-15(21)11-4-3-10(17)7-12(11)18/h3-7H,1-2H3,(H,19,20,21). The minimum absolute atomic E-state index is 0.296. The van der Waals surface area contributed by atoms with Crippen LogP contribution in [-0.4, -0.2) is 10.9 Å². The number of fused-ring (bicyclic) bond motifs is 1. The van der Waals surface area contributed by atoms with Crippen molar-refractivity contribution in [1.82, 2.24) is 4.98 Å². The molecule has 3 nitrogen and oxygen atoms in total. The molecule has 3 rings (SSSR count). The second-order valence-electron chi connectivity index (χ2n) is 5.03. The summed E-state index contributed by atoms with van der Waals surface area (Å²) in [5.41, 5.74) is 3.56. The third-order valence-corrected chi connectivity index (χ3v) is 4.89.